The predicted molar refractivity (Wildman–Crippen MR) is 65.6 cm³/mol. The van der Waals surface area contributed by atoms with Crippen LogP contribution in [0.15, 0.2) is 18.3 Å². The van der Waals surface area contributed by atoms with Crippen molar-refractivity contribution in [2.45, 2.75) is 6.18 Å². The standard InChI is InChI=1S/C11H10F3N5O3/c1-18(10(21)22-2)17-9(20)6-5-8-15-4-3-7(11(12,13)14)19(8)16-6/h3-5H,1-2H3,(H,17,20). The smallest absolute Gasteiger partial charge is 0.433 e. The molecule has 2 heterocycles. The van der Waals surface area contributed by atoms with Gasteiger partial charge in [0, 0.05) is 19.3 Å². The highest BCUT2D eigenvalue weighted by atomic mass is 19.4. The summed E-state index contributed by atoms with van der Waals surface area (Å²) in [5.74, 6) is -0.883. The third-order valence-corrected chi connectivity index (χ3v) is 2.60. The normalized spacial score (nSPS) is 11.3. The number of methoxy groups -OCH3 is 1. The molecule has 11 heteroatoms. The van der Waals surface area contributed by atoms with E-state index in [4.69, 9.17) is 0 Å². The Kier molecular flexibility index (Phi) is 3.89. The number of nitrogens with one attached hydrogen (secondary N) is 1. The molecule has 0 spiro atoms. The number of amides is 2. The van der Waals surface area contributed by atoms with E-state index in [9.17, 15) is 22.8 Å². The van der Waals surface area contributed by atoms with Crippen molar-refractivity contribution in [3.63, 3.8) is 0 Å². The van der Waals surface area contributed by atoms with Gasteiger partial charge >= 0.3 is 12.3 Å². The molecular weight excluding hydrogens is 307 g/mol. The van der Waals surface area contributed by atoms with Crippen LogP contribution in [0.1, 0.15) is 16.2 Å². The predicted octanol–water partition coefficient (Wildman–Crippen LogP) is 1.09. The molecule has 0 aliphatic carbocycles. The van der Waals surface area contributed by atoms with E-state index in [0.717, 1.165) is 30.4 Å². The second kappa shape index (κ2) is 5.50. The molecule has 0 aliphatic rings. The lowest BCUT2D eigenvalue weighted by Crippen LogP contribution is -2.43. The molecule has 2 aromatic heterocycles. The number of fused-ring (bicyclic) bond motifs is 1. The van der Waals surface area contributed by atoms with Crippen molar-refractivity contribution in [1.82, 2.24) is 25.0 Å². The Morgan fingerprint density at radius 2 is 2.09 bits per heavy atom. The van der Waals surface area contributed by atoms with Crippen LogP contribution in [-0.4, -0.2) is 45.8 Å². The molecule has 1 N–H and O–H groups in total. The fraction of sp³-hybridized carbons (Fsp3) is 0.273. The summed E-state index contributed by atoms with van der Waals surface area (Å²) < 4.78 is 43.4. The summed E-state index contributed by atoms with van der Waals surface area (Å²) in [7, 11) is 2.31. The van der Waals surface area contributed by atoms with Crippen LogP contribution in [0.3, 0.4) is 0 Å². The number of hydrazine groups is 1. The largest absolute Gasteiger partial charge is 0.452 e. The van der Waals surface area contributed by atoms with E-state index in [0.29, 0.717) is 4.52 Å². The summed E-state index contributed by atoms with van der Waals surface area (Å²) in [5.41, 5.74) is 0.544. The van der Waals surface area contributed by atoms with Gasteiger partial charge in [0.25, 0.3) is 5.91 Å². The van der Waals surface area contributed by atoms with Crippen LogP contribution >= 0.6 is 0 Å². The van der Waals surface area contributed by atoms with Crippen LogP contribution in [0.2, 0.25) is 0 Å². The van der Waals surface area contributed by atoms with Crippen LogP contribution in [0.25, 0.3) is 5.65 Å². The first-order valence-electron chi connectivity index (χ1n) is 5.78. The number of ether oxygens (including phenoxy) is 1. The Balaban J connectivity index is 2.34. The van der Waals surface area contributed by atoms with Gasteiger partial charge in [-0.25, -0.2) is 19.3 Å². The van der Waals surface area contributed by atoms with Crippen molar-refractivity contribution < 1.29 is 27.5 Å². The monoisotopic (exact) mass is 317 g/mol. The summed E-state index contributed by atoms with van der Waals surface area (Å²) in [6.45, 7) is 0. The molecule has 0 saturated heterocycles. The van der Waals surface area contributed by atoms with Gasteiger partial charge in [-0.05, 0) is 6.07 Å². The number of hydrogen-bond donors (Lipinski definition) is 1. The molecule has 2 amide bonds. The second-order valence-corrected chi connectivity index (χ2v) is 4.10. The molecular formula is C11H10F3N5O3. The quantitative estimate of drug-likeness (QED) is 0.795. The number of nitrogens with zero attached hydrogens (tertiary/aromatic N) is 4. The fourth-order valence-corrected chi connectivity index (χ4v) is 1.61. The van der Waals surface area contributed by atoms with Gasteiger partial charge in [-0.1, -0.05) is 0 Å². The summed E-state index contributed by atoms with van der Waals surface area (Å²) in [5, 5.41) is 4.29. The lowest BCUT2D eigenvalue weighted by Gasteiger charge is -2.15. The number of carbonyl (C=O) groups excluding carboxylic acids is 2. The Morgan fingerprint density at radius 1 is 1.41 bits per heavy atom. The molecule has 0 unspecified atom stereocenters. The number of alkyl halides is 3. The highest BCUT2D eigenvalue weighted by Crippen LogP contribution is 2.28. The minimum absolute atomic E-state index is 0.152. The number of halogens is 3. The Morgan fingerprint density at radius 3 is 2.68 bits per heavy atom. The number of aromatic nitrogens is 3. The summed E-state index contributed by atoms with van der Waals surface area (Å²) in [4.78, 5) is 26.7. The third kappa shape index (κ3) is 2.92. The lowest BCUT2D eigenvalue weighted by atomic mass is 10.4. The Bertz CT molecular complexity index is 727. The van der Waals surface area contributed by atoms with Crippen molar-refractivity contribution in [1.29, 1.82) is 0 Å². The van der Waals surface area contributed by atoms with Crippen LogP contribution < -0.4 is 5.43 Å². The molecule has 118 valence electrons. The van der Waals surface area contributed by atoms with E-state index >= 15 is 0 Å². The zero-order chi connectivity index (χ0) is 16.5. The maximum atomic E-state index is 12.8. The molecule has 22 heavy (non-hydrogen) atoms. The SMILES string of the molecule is COC(=O)N(C)NC(=O)c1cc2nccc(C(F)(F)F)n2n1. The van der Waals surface area contributed by atoms with E-state index in [1.54, 1.807) is 0 Å². The van der Waals surface area contributed by atoms with Gasteiger partial charge in [0.15, 0.2) is 11.3 Å². The second-order valence-electron chi connectivity index (χ2n) is 4.10. The van der Waals surface area contributed by atoms with Gasteiger partial charge in [-0.2, -0.15) is 18.3 Å². The fourth-order valence-electron chi connectivity index (χ4n) is 1.61. The van der Waals surface area contributed by atoms with Crippen molar-refractivity contribution in [2.75, 3.05) is 14.2 Å². The van der Waals surface area contributed by atoms with Crippen molar-refractivity contribution in [3.05, 3.63) is 29.7 Å². The maximum Gasteiger partial charge on any atom is 0.433 e. The number of rotatable bonds is 1. The minimum atomic E-state index is -4.65. The highest BCUT2D eigenvalue weighted by molar-refractivity contribution is 5.94. The molecule has 2 aromatic rings. The zero-order valence-electron chi connectivity index (χ0n) is 11.4. The van der Waals surface area contributed by atoms with Gasteiger partial charge < -0.3 is 4.74 Å². The summed E-state index contributed by atoms with van der Waals surface area (Å²) >= 11 is 0. The molecule has 0 fully saturated rings. The molecule has 0 aromatic carbocycles. The molecule has 0 bridgehead atoms. The number of carbonyl (C=O) groups is 2. The van der Waals surface area contributed by atoms with Crippen LogP contribution in [0.4, 0.5) is 18.0 Å². The molecule has 0 aliphatic heterocycles. The van der Waals surface area contributed by atoms with Gasteiger partial charge in [-0.3, -0.25) is 10.2 Å². The van der Waals surface area contributed by atoms with Crippen LogP contribution in [0, 0.1) is 0 Å². The van der Waals surface area contributed by atoms with Gasteiger partial charge in [-0.15, -0.1) is 0 Å². The highest BCUT2D eigenvalue weighted by Gasteiger charge is 2.34. The van der Waals surface area contributed by atoms with Crippen molar-refractivity contribution in [2.24, 2.45) is 0 Å². The topological polar surface area (TPSA) is 88.8 Å². The number of hydrogen-bond acceptors (Lipinski definition) is 5. The first kappa shape index (κ1) is 15.5. The van der Waals surface area contributed by atoms with E-state index in [1.165, 1.54) is 7.05 Å². The summed E-state index contributed by atoms with van der Waals surface area (Å²) in [6.07, 6.45) is -4.54. The van der Waals surface area contributed by atoms with Crippen molar-refractivity contribution in [3.8, 4) is 0 Å². The Hall–Kier alpha value is -2.85. The van der Waals surface area contributed by atoms with E-state index in [2.05, 4.69) is 20.2 Å². The molecule has 0 radical (unpaired) electrons. The maximum absolute atomic E-state index is 12.8. The van der Waals surface area contributed by atoms with Gasteiger partial charge in [0.2, 0.25) is 0 Å². The average molecular weight is 317 g/mol. The van der Waals surface area contributed by atoms with E-state index in [1.807, 2.05) is 0 Å². The Labute approximate surface area is 121 Å². The lowest BCUT2D eigenvalue weighted by molar-refractivity contribution is -0.142. The first-order chi connectivity index (χ1) is 10.2. The summed E-state index contributed by atoms with van der Waals surface area (Å²) in [6, 6.07) is 1.80. The average Bonchev–Trinajstić information content (AvgIpc) is 2.88. The molecule has 8 nitrogen and oxygen atoms in total. The third-order valence-electron chi connectivity index (χ3n) is 2.60. The zero-order valence-corrected chi connectivity index (χ0v) is 11.4. The first-order valence-corrected chi connectivity index (χ1v) is 5.78. The van der Waals surface area contributed by atoms with E-state index < -0.39 is 23.9 Å². The molecule has 0 saturated carbocycles. The molecule has 2 rings (SSSR count). The molecule has 0 atom stereocenters. The van der Waals surface area contributed by atoms with Crippen LogP contribution in [-0.2, 0) is 10.9 Å². The minimum Gasteiger partial charge on any atom is -0.452 e. The van der Waals surface area contributed by atoms with Crippen molar-refractivity contribution >= 4 is 17.6 Å². The van der Waals surface area contributed by atoms with Gasteiger partial charge in [0.1, 0.15) is 5.69 Å². The van der Waals surface area contributed by atoms with E-state index in [-0.39, 0.29) is 11.3 Å². The van der Waals surface area contributed by atoms with Crippen LogP contribution in [0.5, 0.6) is 0 Å². The van der Waals surface area contributed by atoms with Gasteiger partial charge in [0.05, 0.1) is 7.11 Å².